The van der Waals surface area contributed by atoms with Gasteiger partial charge in [0.1, 0.15) is 0 Å². The smallest absolute Gasteiger partial charge is 0.0701 e. The first-order valence-electron chi connectivity index (χ1n) is 7.04. The van der Waals surface area contributed by atoms with E-state index in [2.05, 4.69) is 70.9 Å². The molecule has 20 heavy (non-hydrogen) atoms. The number of hydrogen-bond acceptors (Lipinski definition) is 3. The first kappa shape index (κ1) is 15.7. The predicted molar refractivity (Wildman–Crippen MR) is 89.5 cm³/mol. The molecule has 2 rings (SSSR count). The Labute approximate surface area is 133 Å². The van der Waals surface area contributed by atoms with E-state index >= 15 is 0 Å². The van der Waals surface area contributed by atoms with Crippen LogP contribution >= 0.6 is 27.3 Å². The molecule has 5 heteroatoms. The van der Waals surface area contributed by atoms with Gasteiger partial charge in [-0.05, 0) is 62.2 Å². The molecule has 1 atom stereocenters. The Kier molecular flexibility index (Phi) is 5.41. The third-order valence-corrected chi connectivity index (χ3v) is 5.30. The average molecular weight is 356 g/mol. The van der Waals surface area contributed by atoms with Gasteiger partial charge in [0.2, 0.25) is 0 Å². The number of halogens is 1. The summed E-state index contributed by atoms with van der Waals surface area (Å²) in [5, 5.41) is 8.21. The van der Waals surface area contributed by atoms with Gasteiger partial charge in [0, 0.05) is 35.3 Å². The van der Waals surface area contributed by atoms with Gasteiger partial charge in [-0.15, -0.1) is 11.3 Å². The molecule has 1 N–H and O–H groups in total. The Bertz CT molecular complexity index is 574. The molecule has 1 unspecified atom stereocenters. The molecule has 2 aromatic heterocycles. The summed E-state index contributed by atoms with van der Waals surface area (Å²) in [7, 11) is 0. The van der Waals surface area contributed by atoms with Gasteiger partial charge in [-0.1, -0.05) is 0 Å². The van der Waals surface area contributed by atoms with Crippen molar-refractivity contribution in [3.05, 3.63) is 37.7 Å². The van der Waals surface area contributed by atoms with E-state index in [-0.39, 0.29) is 0 Å². The van der Waals surface area contributed by atoms with Gasteiger partial charge >= 0.3 is 0 Å². The molecule has 2 aromatic rings. The van der Waals surface area contributed by atoms with Crippen LogP contribution in [0.2, 0.25) is 0 Å². The molecule has 2 heterocycles. The lowest BCUT2D eigenvalue weighted by atomic mass is 10.1. The molecule has 0 spiro atoms. The van der Waals surface area contributed by atoms with Crippen molar-refractivity contribution in [1.29, 1.82) is 0 Å². The number of nitrogens with zero attached hydrogens (tertiary/aromatic N) is 2. The van der Waals surface area contributed by atoms with Crippen molar-refractivity contribution in [3.63, 3.8) is 0 Å². The zero-order valence-electron chi connectivity index (χ0n) is 12.5. The third kappa shape index (κ3) is 3.51. The van der Waals surface area contributed by atoms with Crippen LogP contribution in [-0.2, 0) is 13.0 Å². The lowest BCUT2D eigenvalue weighted by Crippen LogP contribution is -2.22. The van der Waals surface area contributed by atoms with E-state index in [0.29, 0.717) is 6.04 Å². The first-order chi connectivity index (χ1) is 9.52. The minimum Gasteiger partial charge on any atom is -0.310 e. The van der Waals surface area contributed by atoms with Crippen LogP contribution in [0.5, 0.6) is 0 Å². The summed E-state index contributed by atoms with van der Waals surface area (Å²) in [6, 6.07) is 4.65. The van der Waals surface area contributed by atoms with E-state index in [0.717, 1.165) is 25.2 Å². The van der Waals surface area contributed by atoms with Crippen LogP contribution in [0, 0.1) is 13.8 Å². The van der Waals surface area contributed by atoms with Crippen LogP contribution in [-0.4, -0.2) is 16.3 Å². The summed E-state index contributed by atoms with van der Waals surface area (Å²) in [6.07, 6.45) is 1.07. The Hall–Kier alpha value is -0.650. The number of rotatable bonds is 6. The highest BCUT2D eigenvalue weighted by Crippen LogP contribution is 2.23. The highest BCUT2D eigenvalue weighted by molar-refractivity contribution is 9.11. The van der Waals surface area contributed by atoms with Crippen molar-refractivity contribution < 1.29 is 0 Å². The first-order valence-corrected chi connectivity index (χ1v) is 8.65. The molecule has 0 saturated carbocycles. The van der Waals surface area contributed by atoms with Crippen LogP contribution in [0.25, 0.3) is 0 Å². The zero-order valence-corrected chi connectivity index (χ0v) is 14.9. The van der Waals surface area contributed by atoms with E-state index in [9.17, 15) is 0 Å². The summed E-state index contributed by atoms with van der Waals surface area (Å²) >= 11 is 5.32. The van der Waals surface area contributed by atoms with Crippen molar-refractivity contribution >= 4 is 27.3 Å². The fourth-order valence-corrected chi connectivity index (χ4v) is 4.13. The summed E-state index contributed by atoms with van der Waals surface area (Å²) in [4.78, 5) is 1.41. The third-order valence-electron chi connectivity index (χ3n) is 3.62. The van der Waals surface area contributed by atoms with Crippen molar-refractivity contribution in [2.24, 2.45) is 0 Å². The molecule has 0 bridgehead atoms. The summed E-state index contributed by atoms with van der Waals surface area (Å²) in [5.74, 6) is 0. The Balaban J connectivity index is 1.95. The molecule has 0 aliphatic heterocycles. The fourth-order valence-electron chi connectivity index (χ4n) is 2.65. The second kappa shape index (κ2) is 6.87. The standard InChI is InChI=1S/C15H22BrN3S/c1-5-19-12(4)15(11(3)18-19)10(2)17-9-8-13-6-7-14(16)20-13/h6-7,10,17H,5,8-9H2,1-4H3. The van der Waals surface area contributed by atoms with Gasteiger partial charge in [0.25, 0.3) is 0 Å². The van der Waals surface area contributed by atoms with E-state index < -0.39 is 0 Å². The van der Waals surface area contributed by atoms with Crippen molar-refractivity contribution in [3.8, 4) is 0 Å². The second-order valence-corrected chi connectivity index (χ2v) is 7.58. The maximum absolute atomic E-state index is 4.59. The lowest BCUT2D eigenvalue weighted by molar-refractivity contribution is 0.570. The maximum Gasteiger partial charge on any atom is 0.0701 e. The van der Waals surface area contributed by atoms with Gasteiger partial charge in [0.15, 0.2) is 0 Å². The second-order valence-electron chi connectivity index (χ2n) is 5.03. The molecular formula is C15H22BrN3S. The largest absolute Gasteiger partial charge is 0.310 e. The molecule has 0 aromatic carbocycles. The van der Waals surface area contributed by atoms with Crippen LogP contribution in [0.1, 0.15) is 41.7 Å². The normalized spacial score (nSPS) is 12.8. The van der Waals surface area contributed by atoms with Crippen LogP contribution in [0.3, 0.4) is 0 Å². The molecule has 0 aliphatic carbocycles. The van der Waals surface area contributed by atoms with Crippen LogP contribution in [0.15, 0.2) is 15.9 Å². The molecule has 0 amide bonds. The lowest BCUT2D eigenvalue weighted by Gasteiger charge is -2.14. The van der Waals surface area contributed by atoms with Crippen molar-refractivity contribution in [1.82, 2.24) is 15.1 Å². The Morgan fingerprint density at radius 3 is 2.70 bits per heavy atom. The molecule has 0 fully saturated rings. The molecular weight excluding hydrogens is 334 g/mol. The number of aryl methyl sites for hydroxylation is 2. The maximum atomic E-state index is 4.59. The van der Waals surface area contributed by atoms with Crippen molar-refractivity contribution in [2.45, 2.75) is 46.7 Å². The monoisotopic (exact) mass is 355 g/mol. The van der Waals surface area contributed by atoms with Gasteiger partial charge in [-0.25, -0.2) is 0 Å². The number of thiophene rings is 1. The Morgan fingerprint density at radius 2 is 2.15 bits per heavy atom. The van der Waals surface area contributed by atoms with Gasteiger partial charge in [-0.2, -0.15) is 5.10 Å². The summed E-state index contributed by atoms with van der Waals surface area (Å²) in [5.41, 5.74) is 3.77. The zero-order chi connectivity index (χ0) is 14.7. The highest BCUT2D eigenvalue weighted by atomic mass is 79.9. The summed E-state index contributed by atoms with van der Waals surface area (Å²) in [6.45, 7) is 10.5. The minimum atomic E-state index is 0.346. The topological polar surface area (TPSA) is 29.9 Å². The molecule has 0 saturated heterocycles. The van der Waals surface area contributed by atoms with E-state index in [1.54, 1.807) is 0 Å². The number of aromatic nitrogens is 2. The highest BCUT2D eigenvalue weighted by Gasteiger charge is 2.16. The van der Waals surface area contributed by atoms with Crippen LogP contribution in [0.4, 0.5) is 0 Å². The molecule has 0 radical (unpaired) electrons. The van der Waals surface area contributed by atoms with Gasteiger partial charge in [0.05, 0.1) is 9.48 Å². The number of nitrogens with one attached hydrogen (secondary N) is 1. The summed E-state index contributed by atoms with van der Waals surface area (Å²) < 4.78 is 3.29. The average Bonchev–Trinajstić information content (AvgIpc) is 2.93. The number of hydrogen-bond donors (Lipinski definition) is 1. The SMILES string of the molecule is CCn1nc(C)c(C(C)NCCc2ccc(Br)s2)c1C. The molecule has 3 nitrogen and oxygen atoms in total. The van der Waals surface area contributed by atoms with Crippen molar-refractivity contribution in [2.75, 3.05) is 6.54 Å². The van der Waals surface area contributed by atoms with Gasteiger partial charge < -0.3 is 5.32 Å². The minimum absolute atomic E-state index is 0.346. The predicted octanol–water partition coefficient (Wildman–Crippen LogP) is 4.24. The molecule has 0 aliphatic rings. The molecule has 110 valence electrons. The van der Waals surface area contributed by atoms with E-state index in [4.69, 9.17) is 0 Å². The van der Waals surface area contributed by atoms with E-state index in [1.807, 2.05) is 11.3 Å². The van der Waals surface area contributed by atoms with Crippen LogP contribution < -0.4 is 5.32 Å². The fraction of sp³-hybridized carbons (Fsp3) is 0.533. The Morgan fingerprint density at radius 1 is 1.40 bits per heavy atom. The quantitative estimate of drug-likeness (QED) is 0.839. The van der Waals surface area contributed by atoms with E-state index in [1.165, 1.54) is 19.9 Å². The van der Waals surface area contributed by atoms with Gasteiger partial charge in [-0.3, -0.25) is 4.68 Å².